The Labute approximate surface area is 118 Å². The Morgan fingerprint density at radius 3 is 2.75 bits per heavy atom. The summed E-state index contributed by atoms with van der Waals surface area (Å²) in [5.74, 6) is -0.791. The molecule has 20 heavy (non-hydrogen) atoms. The van der Waals surface area contributed by atoms with E-state index < -0.39 is 5.82 Å². The summed E-state index contributed by atoms with van der Waals surface area (Å²) in [6, 6.07) is 12.2. The Morgan fingerprint density at radius 2 is 2.00 bits per heavy atom. The van der Waals surface area contributed by atoms with Crippen LogP contribution in [0.25, 0.3) is 11.0 Å². The third-order valence-corrected chi connectivity index (χ3v) is 3.77. The molecule has 0 amide bonds. The number of H-pyrrole nitrogens is 1. The van der Waals surface area contributed by atoms with Gasteiger partial charge in [-0.15, -0.1) is 0 Å². The van der Waals surface area contributed by atoms with Crippen LogP contribution in [0.5, 0.6) is 0 Å². The number of hydrogen-bond acceptors (Lipinski definition) is 3. The van der Waals surface area contributed by atoms with Gasteiger partial charge in [0.2, 0.25) is 0 Å². The molecule has 0 aliphatic heterocycles. The normalized spacial score (nSPS) is 10.8. The third-order valence-electron chi connectivity index (χ3n) is 2.82. The topological polar surface area (TPSA) is 78.6 Å². The fourth-order valence-corrected chi connectivity index (χ4v) is 2.90. The van der Waals surface area contributed by atoms with Gasteiger partial charge in [0, 0.05) is 4.90 Å². The number of benzene rings is 2. The first-order valence-electron chi connectivity index (χ1n) is 5.90. The van der Waals surface area contributed by atoms with Crippen LogP contribution in [0.15, 0.2) is 52.5 Å². The predicted octanol–water partition coefficient (Wildman–Crippen LogP) is 3.14. The molecule has 100 valence electrons. The number of fused-ring (bicyclic) bond motifs is 1. The molecule has 0 unspecified atom stereocenters. The van der Waals surface area contributed by atoms with Crippen LogP contribution in [0.2, 0.25) is 0 Å². The van der Waals surface area contributed by atoms with E-state index in [1.165, 1.54) is 17.8 Å². The molecular weight excluding hydrogens is 275 g/mol. The third kappa shape index (κ3) is 2.25. The number of para-hydroxylation sites is 2. The Hall–Kier alpha value is -2.34. The number of aromatic nitrogens is 2. The van der Waals surface area contributed by atoms with Crippen LogP contribution < -0.4 is 5.73 Å². The molecule has 1 aromatic heterocycles. The summed E-state index contributed by atoms with van der Waals surface area (Å²) in [6.45, 7) is 0. The lowest BCUT2D eigenvalue weighted by molar-refractivity contribution is 0.621. The first-order chi connectivity index (χ1) is 9.65. The van der Waals surface area contributed by atoms with Gasteiger partial charge in [0.05, 0.1) is 16.6 Å². The number of amidine groups is 1. The van der Waals surface area contributed by atoms with Crippen LogP contribution in [0.1, 0.15) is 5.56 Å². The maximum Gasteiger partial charge on any atom is 0.171 e. The molecule has 2 aromatic carbocycles. The smallest absolute Gasteiger partial charge is 0.171 e. The molecule has 0 aliphatic rings. The molecule has 4 N–H and O–H groups in total. The van der Waals surface area contributed by atoms with E-state index in [1.54, 1.807) is 12.1 Å². The number of nitrogens with two attached hydrogens (primary N) is 1. The number of rotatable bonds is 3. The fourth-order valence-electron chi connectivity index (χ4n) is 1.93. The van der Waals surface area contributed by atoms with Gasteiger partial charge < -0.3 is 10.7 Å². The molecule has 0 aliphatic carbocycles. The standard InChI is InChI=1S/C14H11FN4S/c15-8-4-3-7-11(12(8)13(16)17)20-14-18-9-5-1-2-6-10(9)19-14/h1-7H,(H3,16,17)(H,18,19). The molecule has 1 heterocycles. The Balaban J connectivity index is 2.02. The number of nitrogens with zero attached hydrogens (tertiary/aromatic N) is 1. The summed E-state index contributed by atoms with van der Waals surface area (Å²) < 4.78 is 13.7. The van der Waals surface area contributed by atoms with Gasteiger partial charge in [-0.1, -0.05) is 30.0 Å². The maximum absolute atomic E-state index is 13.7. The van der Waals surface area contributed by atoms with E-state index in [0.29, 0.717) is 10.1 Å². The van der Waals surface area contributed by atoms with E-state index in [9.17, 15) is 4.39 Å². The Morgan fingerprint density at radius 1 is 1.20 bits per heavy atom. The number of nitrogen functional groups attached to an aromatic ring is 1. The highest BCUT2D eigenvalue weighted by atomic mass is 32.2. The van der Waals surface area contributed by atoms with Gasteiger partial charge in [0.1, 0.15) is 11.7 Å². The van der Waals surface area contributed by atoms with Crippen LogP contribution in [-0.4, -0.2) is 15.8 Å². The van der Waals surface area contributed by atoms with Gasteiger partial charge in [-0.2, -0.15) is 0 Å². The zero-order valence-corrected chi connectivity index (χ0v) is 11.2. The van der Waals surface area contributed by atoms with Crippen molar-refractivity contribution in [2.45, 2.75) is 10.1 Å². The largest absolute Gasteiger partial charge is 0.384 e. The summed E-state index contributed by atoms with van der Waals surface area (Å²) in [5.41, 5.74) is 7.31. The van der Waals surface area contributed by atoms with Crippen molar-refractivity contribution in [2.75, 3.05) is 0 Å². The molecule has 0 saturated carbocycles. The average molecular weight is 286 g/mol. The van der Waals surface area contributed by atoms with Crippen molar-refractivity contribution in [3.8, 4) is 0 Å². The van der Waals surface area contributed by atoms with Crippen molar-refractivity contribution in [3.05, 3.63) is 53.8 Å². The first kappa shape index (κ1) is 12.7. The number of hydrogen-bond donors (Lipinski definition) is 3. The highest BCUT2D eigenvalue weighted by Crippen LogP contribution is 2.30. The molecular formula is C14H11FN4S. The molecule has 0 radical (unpaired) electrons. The molecule has 3 rings (SSSR count). The molecule has 0 saturated heterocycles. The minimum absolute atomic E-state index is 0.109. The molecule has 6 heteroatoms. The number of halogens is 1. The van der Waals surface area contributed by atoms with Crippen LogP contribution in [0.3, 0.4) is 0 Å². The van der Waals surface area contributed by atoms with Crippen LogP contribution in [0.4, 0.5) is 4.39 Å². The van der Waals surface area contributed by atoms with Crippen molar-refractivity contribution >= 4 is 28.6 Å². The van der Waals surface area contributed by atoms with Crippen LogP contribution in [0, 0.1) is 11.2 Å². The summed E-state index contributed by atoms with van der Waals surface area (Å²) in [6.07, 6.45) is 0. The van der Waals surface area contributed by atoms with Gasteiger partial charge >= 0.3 is 0 Å². The predicted molar refractivity (Wildman–Crippen MR) is 77.6 cm³/mol. The number of nitrogens with one attached hydrogen (secondary N) is 2. The van der Waals surface area contributed by atoms with Crippen molar-refractivity contribution in [1.29, 1.82) is 5.41 Å². The van der Waals surface area contributed by atoms with E-state index in [2.05, 4.69) is 9.97 Å². The zero-order chi connectivity index (χ0) is 14.1. The minimum Gasteiger partial charge on any atom is -0.384 e. The lowest BCUT2D eigenvalue weighted by atomic mass is 10.2. The van der Waals surface area contributed by atoms with Crippen molar-refractivity contribution in [2.24, 2.45) is 5.73 Å². The van der Waals surface area contributed by atoms with Crippen molar-refractivity contribution in [3.63, 3.8) is 0 Å². The number of imidazole rings is 1. The monoisotopic (exact) mass is 286 g/mol. The summed E-state index contributed by atoms with van der Waals surface area (Å²) in [5, 5.41) is 8.12. The zero-order valence-electron chi connectivity index (χ0n) is 10.4. The van der Waals surface area contributed by atoms with E-state index in [1.807, 2.05) is 24.3 Å². The van der Waals surface area contributed by atoms with Gasteiger partial charge in [0.15, 0.2) is 5.16 Å². The van der Waals surface area contributed by atoms with E-state index in [4.69, 9.17) is 11.1 Å². The Kier molecular flexibility index (Phi) is 3.15. The van der Waals surface area contributed by atoms with E-state index in [0.717, 1.165) is 11.0 Å². The number of aromatic amines is 1. The Bertz CT molecular complexity index is 764. The highest BCUT2D eigenvalue weighted by Gasteiger charge is 2.14. The van der Waals surface area contributed by atoms with Crippen molar-refractivity contribution < 1.29 is 4.39 Å². The molecule has 0 fully saturated rings. The second-order valence-electron chi connectivity index (χ2n) is 4.19. The second kappa shape index (κ2) is 4.97. The lowest BCUT2D eigenvalue weighted by Crippen LogP contribution is -2.14. The summed E-state index contributed by atoms with van der Waals surface area (Å²) in [4.78, 5) is 8.13. The average Bonchev–Trinajstić information content (AvgIpc) is 2.80. The van der Waals surface area contributed by atoms with Crippen molar-refractivity contribution in [1.82, 2.24) is 9.97 Å². The molecule has 3 aromatic rings. The minimum atomic E-state index is -0.501. The molecule has 0 spiro atoms. The highest BCUT2D eigenvalue weighted by molar-refractivity contribution is 7.99. The summed E-state index contributed by atoms with van der Waals surface area (Å²) in [7, 11) is 0. The molecule has 4 nitrogen and oxygen atoms in total. The van der Waals surface area contributed by atoms with Gasteiger partial charge in [0.25, 0.3) is 0 Å². The summed E-state index contributed by atoms with van der Waals surface area (Å²) >= 11 is 1.25. The maximum atomic E-state index is 13.7. The SMILES string of the molecule is N=C(N)c1c(F)cccc1Sc1nc2ccccc2[nH]1. The second-order valence-corrected chi connectivity index (χ2v) is 5.22. The lowest BCUT2D eigenvalue weighted by Gasteiger charge is -2.06. The van der Waals surface area contributed by atoms with Gasteiger partial charge in [-0.25, -0.2) is 9.37 Å². The van der Waals surface area contributed by atoms with E-state index >= 15 is 0 Å². The van der Waals surface area contributed by atoms with Gasteiger partial charge in [-0.05, 0) is 24.3 Å². The quantitative estimate of drug-likeness (QED) is 0.511. The van der Waals surface area contributed by atoms with Crippen LogP contribution >= 0.6 is 11.8 Å². The van der Waals surface area contributed by atoms with Crippen LogP contribution in [-0.2, 0) is 0 Å². The fraction of sp³-hybridized carbons (Fsp3) is 0. The van der Waals surface area contributed by atoms with Gasteiger partial charge in [-0.3, -0.25) is 5.41 Å². The molecule has 0 bridgehead atoms. The first-order valence-corrected chi connectivity index (χ1v) is 6.72. The van der Waals surface area contributed by atoms with E-state index in [-0.39, 0.29) is 11.4 Å². The molecule has 0 atom stereocenters.